The Labute approximate surface area is 163 Å². The SMILES string of the molecule is Cc1cc(OCc2cccc3ccccc23)c2c3c(c(=O)oc2c1)CCCC3. The maximum Gasteiger partial charge on any atom is 0.339 e. The Hall–Kier alpha value is -3.07. The van der Waals surface area contributed by atoms with E-state index in [1.54, 1.807) is 0 Å². The van der Waals surface area contributed by atoms with E-state index in [2.05, 4.69) is 48.5 Å². The monoisotopic (exact) mass is 370 g/mol. The molecule has 3 heteroatoms. The van der Waals surface area contributed by atoms with Crippen LogP contribution >= 0.6 is 0 Å². The minimum Gasteiger partial charge on any atom is -0.488 e. The van der Waals surface area contributed by atoms with Crippen LogP contribution in [0.4, 0.5) is 0 Å². The molecule has 140 valence electrons. The van der Waals surface area contributed by atoms with Crippen LogP contribution in [0.2, 0.25) is 0 Å². The Morgan fingerprint density at radius 3 is 2.64 bits per heavy atom. The van der Waals surface area contributed by atoms with Gasteiger partial charge < -0.3 is 9.15 Å². The molecule has 1 aliphatic carbocycles. The van der Waals surface area contributed by atoms with Crippen LogP contribution in [0, 0.1) is 6.92 Å². The number of aryl methyl sites for hydroxylation is 2. The summed E-state index contributed by atoms with van der Waals surface area (Å²) >= 11 is 0. The summed E-state index contributed by atoms with van der Waals surface area (Å²) in [7, 11) is 0. The molecule has 0 aliphatic heterocycles. The van der Waals surface area contributed by atoms with Gasteiger partial charge in [0.25, 0.3) is 0 Å². The third-order valence-corrected chi connectivity index (χ3v) is 5.69. The molecule has 0 bridgehead atoms. The highest BCUT2D eigenvalue weighted by Gasteiger charge is 2.21. The number of benzene rings is 3. The van der Waals surface area contributed by atoms with Crippen molar-refractivity contribution in [1.82, 2.24) is 0 Å². The summed E-state index contributed by atoms with van der Waals surface area (Å²) in [6.45, 7) is 2.48. The van der Waals surface area contributed by atoms with Crippen molar-refractivity contribution in [2.24, 2.45) is 0 Å². The predicted octanol–water partition coefficient (Wildman–Crippen LogP) is 5.71. The zero-order valence-electron chi connectivity index (χ0n) is 16.0. The lowest BCUT2D eigenvalue weighted by molar-refractivity contribution is 0.310. The minimum absolute atomic E-state index is 0.187. The van der Waals surface area contributed by atoms with Gasteiger partial charge in [-0.1, -0.05) is 42.5 Å². The number of hydrogen-bond acceptors (Lipinski definition) is 3. The van der Waals surface area contributed by atoms with E-state index in [9.17, 15) is 4.79 Å². The van der Waals surface area contributed by atoms with E-state index in [0.29, 0.717) is 12.2 Å². The molecule has 1 heterocycles. The van der Waals surface area contributed by atoms with Crippen molar-refractivity contribution in [3.8, 4) is 5.75 Å². The average molecular weight is 370 g/mol. The van der Waals surface area contributed by atoms with E-state index < -0.39 is 0 Å². The Balaban J connectivity index is 1.61. The summed E-state index contributed by atoms with van der Waals surface area (Å²) in [5.74, 6) is 0.810. The van der Waals surface area contributed by atoms with Gasteiger partial charge in [-0.05, 0) is 72.2 Å². The van der Waals surface area contributed by atoms with Gasteiger partial charge in [0.2, 0.25) is 0 Å². The van der Waals surface area contributed by atoms with E-state index in [4.69, 9.17) is 9.15 Å². The molecule has 0 unspecified atom stereocenters. The molecule has 0 N–H and O–H groups in total. The smallest absolute Gasteiger partial charge is 0.339 e. The standard InChI is InChI=1S/C25H22O3/c1-16-13-22(27-15-18-9-6-8-17-7-2-3-10-19(17)18)24-20-11-4-5-12-21(20)25(26)28-23(24)14-16/h2-3,6-10,13-14H,4-5,11-12,15H2,1H3. The van der Waals surface area contributed by atoms with Gasteiger partial charge in [0.15, 0.2) is 0 Å². The summed E-state index contributed by atoms with van der Waals surface area (Å²) in [4.78, 5) is 12.4. The van der Waals surface area contributed by atoms with Crippen molar-refractivity contribution in [3.05, 3.63) is 87.3 Å². The highest BCUT2D eigenvalue weighted by Crippen LogP contribution is 2.35. The minimum atomic E-state index is -0.187. The Kier molecular flexibility index (Phi) is 4.16. The first-order chi connectivity index (χ1) is 13.7. The van der Waals surface area contributed by atoms with Gasteiger partial charge in [-0.25, -0.2) is 4.79 Å². The van der Waals surface area contributed by atoms with Crippen molar-refractivity contribution < 1.29 is 9.15 Å². The molecule has 0 atom stereocenters. The molecule has 0 radical (unpaired) electrons. The zero-order chi connectivity index (χ0) is 19.1. The predicted molar refractivity (Wildman–Crippen MR) is 112 cm³/mol. The Morgan fingerprint density at radius 1 is 0.964 bits per heavy atom. The van der Waals surface area contributed by atoms with Crippen LogP contribution in [0.1, 0.15) is 35.1 Å². The van der Waals surface area contributed by atoms with Gasteiger partial charge in [0.1, 0.15) is 17.9 Å². The summed E-state index contributed by atoms with van der Waals surface area (Å²) in [5.41, 5.74) is 4.58. The Morgan fingerprint density at radius 2 is 1.75 bits per heavy atom. The second-order valence-electron chi connectivity index (χ2n) is 7.62. The van der Waals surface area contributed by atoms with Crippen LogP contribution in [0.3, 0.4) is 0 Å². The fourth-order valence-corrected chi connectivity index (χ4v) is 4.35. The molecule has 3 aromatic carbocycles. The number of rotatable bonds is 3. The van der Waals surface area contributed by atoms with E-state index in [1.807, 2.05) is 13.0 Å². The van der Waals surface area contributed by atoms with E-state index in [-0.39, 0.29) is 5.63 Å². The molecule has 0 amide bonds. The molecule has 1 aliphatic rings. The Bertz CT molecular complexity index is 1240. The summed E-state index contributed by atoms with van der Waals surface area (Å²) in [5, 5.41) is 3.39. The molecule has 5 rings (SSSR count). The fourth-order valence-electron chi connectivity index (χ4n) is 4.35. The highest BCUT2D eigenvalue weighted by molar-refractivity contribution is 5.89. The van der Waals surface area contributed by atoms with Gasteiger partial charge in [-0.3, -0.25) is 0 Å². The quantitative estimate of drug-likeness (QED) is 0.434. The molecule has 0 fully saturated rings. The van der Waals surface area contributed by atoms with Gasteiger partial charge in [-0.15, -0.1) is 0 Å². The van der Waals surface area contributed by atoms with E-state index in [0.717, 1.165) is 59.1 Å². The van der Waals surface area contributed by atoms with Crippen molar-refractivity contribution >= 4 is 21.7 Å². The van der Waals surface area contributed by atoms with Gasteiger partial charge >= 0.3 is 5.63 Å². The largest absolute Gasteiger partial charge is 0.488 e. The molecule has 1 aromatic heterocycles. The van der Waals surface area contributed by atoms with Gasteiger partial charge in [0, 0.05) is 5.56 Å². The van der Waals surface area contributed by atoms with Crippen LogP contribution in [0.15, 0.2) is 63.8 Å². The molecule has 3 nitrogen and oxygen atoms in total. The molecular formula is C25H22O3. The van der Waals surface area contributed by atoms with Crippen LogP contribution < -0.4 is 10.4 Å². The maximum atomic E-state index is 12.4. The summed E-state index contributed by atoms with van der Waals surface area (Å²) < 4.78 is 12.0. The number of ether oxygens (including phenoxy) is 1. The highest BCUT2D eigenvalue weighted by atomic mass is 16.5. The third-order valence-electron chi connectivity index (χ3n) is 5.69. The second kappa shape index (κ2) is 6.83. The van der Waals surface area contributed by atoms with Crippen molar-refractivity contribution in [3.63, 3.8) is 0 Å². The summed E-state index contributed by atoms with van der Waals surface area (Å²) in [6.07, 6.45) is 3.85. The molecule has 0 spiro atoms. The van der Waals surface area contributed by atoms with E-state index in [1.165, 1.54) is 10.8 Å². The van der Waals surface area contributed by atoms with Gasteiger partial charge in [-0.2, -0.15) is 0 Å². The van der Waals surface area contributed by atoms with Crippen LogP contribution in [-0.2, 0) is 19.4 Å². The van der Waals surface area contributed by atoms with E-state index >= 15 is 0 Å². The summed E-state index contributed by atoms with van der Waals surface area (Å²) in [6, 6.07) is 18.6. The molecule has 0 saturated carbocycles. The van der Waals surface area contributed by atoms with Crippen LogP contribution in [-0.4, -0.2) is 0 Å². The second-order valence-corrected chi connectivity index (χ2v) is 7.62. The number of fused-ring (bicyclic) bond motifs is 4. The lowest BCUT2D eigenvalue weighted by Gasteiger charge is -2.19. The molecular weight excluding hydrogens is 348 g/mol. The molecule has 0 saturated heterocycles. The molecule has 4 aromatic rings. The first-order valence-electron chi connectivity index (χ1n) is 9.89. The lowest BCUT2D eigenvalue weighted by Crippen LogP contribution is -2.16. The van der Waals surface area contributed by atoms with Crippen molar-refractivity contribution in [2.75, 3.05) is 0 Å². The van der Waals surface area contributed by atoms with Crippen LogP contribution in [0.5, 0.6) is 5.75 Å². The normalized spacial score (nSPS) is 13.6. The average Bonchev–Trinajstić information content (AvgIpc) is 2.72. The molecule has 28 heavy (non-hydrogen) atoms. The first kappa shape index (κ1) is 17.1. The van der Waals surface area contributed by atoms with Crippen molar-refractivity contribution in [2.45, 2.75) is 39.2 Å². The third kappa shape index (κ3) is 2.88. The zero-order valence-corrected chi connectivity index (χ0v) is 16.0. The lowest BCUT2D eigenvalue weighted by atomic mass is 9.90. The fraction of sp³-hybridized carbons (Fsp3) is 0.240. The van der Waals surface area contributed by atoms with Crippen LogP contribution in [0.25, 0.3) is 21.7 Å². The van der Waals surface area contributed by atoms with Crippen molar-refractivity contribution in [1.29, 1.82) is 0 Å². The number of hydrogen-bond donors (Lipinski definition) is 0. The van der Waals surface area contributed by atoms with Gasteiger partial charge in [0.05, 0.1) is 5.39 Å². The first-order valence-corrected chi connectivity index (χ1v) is 9.89. The topological polar surface area (TPSA) is 39.4 Å². The maximum absolute atomic E-state index is 12.4.